The molecule has 0 unspecified atom stereocenters. The Hall–Kier alpha value is -1.41. The van der Waals surface area contributed by atoms with Gasteiger partial charge in [-0.05, 0) is 22.4 Å². The molecule has 2 heterocycles. The molecular formula is C13H17BrN4O2S. The molecule has 1 atom stereocenters. The molecule has 2 aromatic rings. The highest BCUT2D eigenvalue weighted by atomic mass is 79.9. The van der Waals surface area contributed by atoms with Gasteiger partial charge in [0.15, 0.2) is 5.13 Å². The minimum atomic E-state index is -0.837. The van der Waals surface area contributed by atoms with Crippen LogP contribution in [0.4, 0.5) is 5.13 Å². The van der Waals surface area contributed by atoms with Crippen LogP contribution in [0.25, 0.3) is 0 Å². The van der Waals surface area contributed by atoms with Crippen LogP contribution in [0, 0.1) is 0 Å². The Balaban J connectivity index is 1.96. The zero-order valence-electron chi connectivity index (χ0n) is 11.6. The predicted octanol–water partition coefficient (Wildman–Crippen LogP) is 3.21. The Kier molecular flexibility index (Phi) is 5.75. The van der Waals surface area contributed by atoms with E-state index in [-0.39, 0.29) is 0 Å². The highest BCUT2D eigenvalue weighted by Crippen LogP contribution is 2.21. The first-order valence-electron chi connectivity index (χ1n) is 6.70. The topological polar surface area (TPSA) is 80.0 Å². The molecule has 0 bridgehead atoms. The van der Waals surface area contributed by atoms with Crippen molar-refractivity contribution in [2.75, 3.05) is 5.32 Å². The standard InChI is InChI=1S/C13H17BrN4O2S/c1-2-3-4-11(12(19)20)17-13-15-6-10(21-13)8-18-7-9(14)5-16-18/h5-7,11H,2-4,8H2,1H3,(H,15,17)(H,19,20)/t11-/m0/s1. The van der Waals surface area contributed by atoms with Gasteiger partial charge in [0, 0.05) is 17.3 Å². The summed E-state index contributed by atoms with van der Waals surface area (Å²) in [6, 6.07) is -0.581. The number of carboxylic acids is 1. The van der Waals surface area contributed by atoms with Crippen molar-refractivity contribution >= 4 is 38.4 Å². The Morgan fingerprint density at radius 3 is 3.00 bits per heavy atom. The molecule has 0 aliphatic carbocycles. The van der Waals surface area contributed by atoms with E-state index in [1.54, 1.807) is 17.1 Å². The molecule has 0 spiro atoms. The van der Waals surface area contributed by atoms with E-state index in [1.165, 1.54) is 11.3 Å². The van der Waals surface area contributed by atoms with Gasteiger partial charge in [0.25, 0.3) is 0 Å². The Bertz CT molecular complexity index is 599. The molecule has 0 aliphatic rings. The maximum atomic E-state index is 11.2. The fourth-order valence-corrected chi connectivity index (χ4v) is 3.03. The minimum absolute atomic E-state index is 0.581. The molecule has 0 aromatic carbocycles. The average molecular weight is 373 g/mol. The van der Waals surface area contributed by atoms with Gasteiger partial charge < -0.3 is 10.4 Å². The SMILES string of the molecule is CCCC[C@H](Nc1ncc(Cn2cc(Br)cn2)s1)C(=O)O. The molecule has 6 nitrogen and oxygen atoms in total. The average Bonchev–Trinajstić information content (AvgIpc) is 3.04. The summed E-state index contributed by atoms with van der Waals surface area (Å²) in [5.41, 5.74) is 0. The highest BCUT2D eigenvalue weighted by Gasteiger charge is 2.17. The summed E-state index contributed by atoms with van der Waals surface area (Å²) >= 11 is 4.80. The second-order valence-corrected chi connectivity index (χ2v) is 6.70. The number of aromatic nitrogens is 3. The summed E-state index contributed by atoms with van der Waals surface area (Å²) < 4.78 is 2.73. The summed E-state index contributed by atoms with van der Waals surface area (Å²) in [7, 11) is 0. The van der Waals surface area contributed by atoms with Gasteiger partial charge in [0.2, 0.25) is 0 Å². The van der Waals surface area contributed by atoms with E-state index >= 15 is 0 Å². The molecule has 8 heteroatoms. The highest BCUT2D eigenvalue weighted by molar-refractivity contribution is 9.10. The maximum absolute atomic E-state index is 11.2. The van der Waals surface area contributed by atoms with Crippen molar-refractivity contribution in [3.8, 4) is 0 Å². The molecule has 0 saturated carbocycles. The number of anilines is 1. The van der Waals surface area contributed by atoms with Gasteiger partial charge in [0.05, 0.1) is 17.2 Å². The summed E-state index contributed by atoms with van der Waals surface area (Å²) in [4.78, 5) is 16.5. The van der Waals surface area contributed by atoms with E-state index in [2.05, 4.69) is 31.3 Å². The monoisotopic (exact) mass is 372 g/mol. The van der Waals surface area contributed by atoms with Crippen molar-refractivity contribution in [3.63, 3.8) is 0 Å². The van der Waals surface area contributed by atoms with Crippen molar-refractivity contribution in [3.05, 3.63) is 27.9 Å². The van der Waals surface area contributed by atoms with Gasteiger partial charge >= 0.3 is 5.97 Å². The van der Waals surface area contributed by atoms with E-state index in [0.717, 1.165) is 22.2 Å². The number of halogens is 1. The zero-order valence-corrected chi connectivity index (χ0v) is 14.0. The van der Waals surface area contributed by atoms with Crippen LogP contribution in [0.2, 0.25) is 0 Å². The molecule has 0 amide bonds. The van der Waals surface area contributed by atoms with Crippen molar-refractivity contribution in [2.24, 2.45) is 0 Å². The van der Waals surface area contributed by atoms with E-state index in [0.29, 0.717) is 18.1 Å². The van der Waals surface area contributed by atoms with Gasteiger partial charge in [-0.3, -0.25) is 4.68 Å². The lowest BCUT2D eigenvalue weighted by atomic mass is 10.1. The number of nitrogens with one attached hydrogen (secondary N) is 1. The summed E-state index contributed by atoms with van der Waals surface area (Å²) in [6.45, 7) is 2.67. The number of thiazole rings is 1. The van der Waals surface area contributed by atoms with Crippen molar-refractivity contribution in [2.45, 2.75) is 38.8 Å². The molecule has 0 radical (unpaired) electrons. The van der Waals surface area contributed by atoms with Crippen LogP contribution in [-0.4, -0.2) is 31.9 Å². The van der Waals surface area contributed by atoms with Crippen LogP contribution in [0.5, 0.6) is 0 Å². The second kappa shape index (κ2) is 7.56. The van der Waals surface area contributed by atoms with Crippen LogP contribution in [-0.2, 0) is 11.3 Å². The fourth-order valence-electron chi connectivity index (χ4n) is 1.85. The van der Waals surface area contributed by atoms with E-state index in [1.807, 2.05) is 13.1 Å². The maximum Gasteiger partial charge on any atom is 0.326 e. The third kappa shape index (κ3) is 4.82. The van der Waals surface area contributed by atoms with Gasteiger partial charge in [-0.2, -0.15) is 5.10 Å². The number of unbranched alkanes of at least 4 members (excludes halogenated alkanes) is 1. The predicted molar refractivity (Wildman–Crippen MR) is 85.7 cm³/mol. The Morgan fingerprint density at radius 2 is 2.38 bits per heavy atom. The molecule has 0 aliphatic heterocycles. The van der Waals surface area contributed by atoms with Crippen LogP contribution >= 0.6 is 27.3 Å². The number of nitrogens with zero attached hydrogens (tertiary/aromatic N) is 3. The van der Waals surface area contributed by atoms with E-state index in [9.17, 15) is 9.90 Å². The van der Waals surface area contributed by atoms with Crippen LogP contribution in [0.1, 0.15) is 31.1 Å². The molecule has 0 saturated heterocycles. The van der Waals surface area contributed by atoms with Gasteiger partial charge in [-0.15, -0.1) is 11.3 Å². The Morgan fingerprint density at radius 1 is 1.57 bits per heavy atom. The van der Waals surface area contributed by atoms with E-state index in [4.69, 9.17) is 0 Å². The summed E-state index contributed by atoms with van der Waals surface area (Å²) in [5, 5.41) is 17.0. The minimum Gasteiger partial charge on any atom is -0.480 e. The van der Waals surface area contributed by atoms with Crippen molar-refractivity contribution in [1.82, 2.24) is 14.8 Å². The third-order valence-corrected chi connectivity index (χ3v) is 4.24. The molecule has 2 N–H and O–H groups in total. The number of hydrogen-bond donors (Lipinski definition) is 2. The van der Waals surface area contributed by atoms with Crippen LogP contribution in [0.3, 0.4) is 0 Å². The Labute approximate surface area is 135 Å². The quantitative estimate of drug-likeness (QED) is 0.743. The third-order valence-electron chi connectivity index (χ3n) is 2.92. The number of rotatable bonds is 8. The first kappa shape index (κ1) is 16.0. The number of carboxylic acid groups (broad SMARTS) is 1. The lowest BCUT2D eigenvalue weighted by Crippen LogP contribution is -2.28. The number of carbonyl (C=O) groups is 1. The lowest BCUT2D eigenvalue weighted by molar-refractivity contribution is -0.138. The first-order valence-corrected chi connectivity index (χ1v) is 8.31. The fraction of sp³-hybridized carbons (Fsp3) is 0.462. The van der Waals surface area contributed by atoms with Gasteiger partial charge in [-0.25, -0.2) is 9.78 Å². The molecular weight excluding hydrogens is 356 g/mol. The largest absolute Gasteiger partial charge is 0.480 e. The normalized spacial score (nSPS) is 12.3. The first-order chi connectivity index (χ1) is 10.1. The molecule has 2 rings (SSSR count). The summed E-state index contributed by atoms with van der Waals surface area (Å²) in [6.07, 6.45) is 7.82. The number of hydrogen-bond acceptors (Lipinski definition) is 5. The number of aliphatic carboxylic acids is 1. The lowest BCUT2D eigenvalue weighted by Gasteiger charge is -2.12. The van der Waals surface area contributed by atoms with Crippen LogP contribution in [0.15, 0.2) is 23.1 Å². The van der Waals surface area contributed by atoms with Gasteiger partial charge in [-0.1, -0.05) is 19.8 Å². The molecule has 2 aromatic heterocycles. The molecule has 0 fully saturated rings. The van der Waals surface area contributed by atoms with Crippen LogP contribution < -0.4 is 5.32 Å². The second-order valence-electron chi connectivity index (χ2n) is 4.67. The molecule has 114 valence electrons. The van der Waals surface area contributed by atoms with Crippen molar-refractivity contribution in [1.29, 1.82) is 0 Å². The summed E-state index contributed by atoms with van der Waals surface area (Å²) in [5.74, 6) is -0.837. The zero-order chi connectivity index (χ0) is 15.2. The van der Waals surface area contributed by atoms with E-state index < -0.39 is 12.0 Å². The smallest absolute Gasteiger partial charge is 0.326 e. The molecule has 21 heavy (non-hydrogen) atoms. The van der Waals surface area contributed by atoms with Crippen molar-refractivity contribution < 1.29 is 9.90 Å². The van der Waals surface area contributed by atoms with Gasteiger partial charge in [0.1, 0.15) is 6.04 Å².